The van der Waals surface area contributed by atoms with E-state index in [1.165, 1.54) is 0 Å². The maximum absolute atomic E-state index is 10.9. The van der Waals surface area contributed by atoms with Gasteiger partial charge in [-0.3, -0.25) is 4.79 Å². The zero-order valence-corrected chi connectivity index (χ0v) is 11.7. The van der Waals surface area contributed by atoms with Crippen LogP contribution in [0.1, 0.15) is 34.3 Å². The molecule has 1 unspecified atom stereocenters. The fraction of sp³-hybridized carbons (Fsp3) is 0.133. The first-order valence-corrected chi connectivity index (χ1v) is 6.52. The van der Waals surface area contributed by atoms with Gasteiger partial charge in [-0.05, 0) is 29.3 Å². The smallest absolute Gasteiger partial charge is 0.153 e. The molecule has 0 bridgehead atoms. The van der Waals surface area contributed by atoms with E-state index >= 15 is 0 Å². The van der Waals surface area contributed by atoms with Crippen molar-refractivity contribution in [1.29, 1.82) is 0 Å². The SMILES string of the molecule is CC(c1cc(Cl)c(O)c(C=O)c1)c1ccccc1Cl. The monoisotopic (exact) mass is 294 g/mol. The topological polar surface area (TPSA) is 37.3 Å². The molecule has 0 aliphatic carbocycles. The van der Waals surface area contributed by atoms with E-state index in [-0.39, 0.29) is 22.3 Å². The van der Waals surface area contributed by atoms with E-state index in [1.54, 1.807) is 12.1 Å². The van der Waals surface area contributed by atoms with Crippen LogP contribution in [0.3, 0.4) is 0 Å². The number of phenols is 1. The normalized spacial score (nSPS) is 12.2. The number of rotatable bonds is 3. The van der Waals surface area contributed by atoms with Crippen LogP contribution in [0.25, 0.3) is 0 Å². The molecule has 2 nitrogen and oxygen atoms in total. The number of hydrogen-bond acceptors (Lipinski definition) is 2. The number of phenolic OH excluding ortho intramolecular Hbond substituents is 1. The number of carbonyl (C=O) groups is 1. The Hall–Kier alpha value is -1.51. The number of hydrogen-bond donors (Lipinski definition) is 1. The van der Waals surface area contributed by atoms with E-state index in [9.17, 15) is 9.90 Å². The van der Waals surface area contributed by atoms with Crippen molar-refractivity contribution in [2.75, 3.05) is 0 Å². The first-order chi connectivity index (χ1) is 9.04. The highest BCUT2D eigenvalue weighted by Gasteiger charge is 2.15. The lowest BCUT2D eigenvalue weighted by atomic mass is 9.92. The summed E-state index contributed by atoms with van der Waals surface area (Å²) in [5, 5.41) is 10.5. The second kappa shape index (κ2) is 5.64. The largest absolute Gasteiger partial charge is 0.506 e. The summed E-state index contributed by atoms with van der Waals surface area (Å²) in [7, 11) is 0. The summed E-state index contributed by atoms with van der Waals surface area (Å²) < 4.78 is 0. The minimum absolute atomic E-state index is 0.0227. The molecule has 1 atom stereocenters. The van der Waals surface area contributed by atoms with Crippen LogP contribution in [-0.2, 0) is 0 Å². The third-order valence-electron chi connectivity index (χ3n) is 3.11. The number of halogens is 2. The standard InChI is InChI=1S/C15H12Cl2O2/c1-9(12-4-2-3-5-13(12)16)10-6-11(8-18)15(19)14(17)7-10/h2-9,19H,1H3. The summed E-state index contributed by atoms with van der Waals surface area (Å²) in [4.78, 5) is 10.9. The van der Waals surface area contributed by atoms with Crippen LogP contribution in [-0.4, -0.2) is 11.4 Å². The molecule has 0 heterocycles. The van der Waals surface area contributed by atoms with Gasteiger partial charge in [0.05, 0.1) is 10.6 Å². The quantitative estimate of drug-likeness (QED) is 0.836. The van der Waals surface area contributed by atoms with Gasteiger partial charge in [0.2, 0.25) is 0 Å². The van der Waals surface area contributed by atoms with E-state index in [4.69, 9.17) is 23.2 Å². The van der Waals surface area contributed by atoms with Crippen molar-refractivity contribution in [2.45, 2.75) is 12.8 Å². The Kier molecular flexibility index (Phi) is 4.13. The predicted molar refractivity (Wildman–Crippen MR) is 77.5 cm³/mol. The Balaban J connectivity index is 2.51. The third-order valence-corrected chi connectivity index (χ3v) is 3.75. The van der Waals surface area contributed by atoms with Crippen LogP contribution >= 0.6 is 23.2 Å². The van der Waals surface area contributed by atoms with Gasteiger partial charge in [0.15, 0.2) is 6.29 Å². The fourth-order valence-electron chi connectivity index (χ4n) is 1.99. The molecule has 1 N–H and O–H groups in total. The molecule has 4 heteroatoms. The van der Waals surface area contributed by atoms with Crippen LogP contribution in [0.4, 0.5) is 0 Å². The van der Waals surface area contributed by atoms with Crippen LogP contribution in [0.5, 0.6) is 5.75 Å². The van der Waals surface area contributed by atoms with Crippen molar-refractivity contribution in [3.8, 4) is 5.75 Å². The Labute approximate surface area is 121 Å². The minimum atomic E-state index is -0.188. The predicted octanol–water partition coefficient (Wildman–Crippen LogP) is 4.66. The van der Waals surface area contributed by atoms with E-state index in [2.05, 4.69) is 0 Å². The van der Waals surface area contributed by atoms with Gasteiger partial charge in [-0.2, -0.15) is 0 Å². The molecular weight excluding hydrogens is 283 g/mol. The van der Waals surface area contributed by atoms with Crippen molar-refractivity contribution in [2.24, 2.45) is 0 Å². The van der Waals surface area contributed by atoms with Crippen molar-refractivity contribution in [3.63, 3.8) is 0 Å². The molecule has 0 aliphatic heterocycles. The second-order valence-electron chi connectivity index (χ2n) is 4.30. The molecule has 2 aromatic carbocycles. The van der Waals surface area contributed by atoms with Gasteiger partial charge < -0.3 is 5.11 Å². The van der Waals surface area contributed by atoms with Gasteiger partial charge in [-0.15, -0.1) is 0 Å². The van der Waals surface area contributed by atoms with Crippen molar-refractivity contribution < 1.29 is 9.90 Å². The minimum Gasteiger partial charge on any atom is -0.506 e. The summed E-state index contributed by atoms with van der Waals surface area (Å²) >= 11 is 12.1. The number of benzene rings is 2. The summed E-state index contributed by atoms with van der Waals surface area (Å²) in [6.07, 6.45) is 0.587. The number of aldehydes is 1. The molecule has 2 aromatic rings. The maximum Gasteiger partial charge on any atom is 0.153 e. The average molecular weight is 295 g/mol. The molecule has 0 saturated heterocycles. The lowest BCUT2D eigenvalue weighted by molar-refractivity contribution is 0.112. The van der Waals surface area contributed by atoms with Gasteiger partial charge in [-0.1, -0.05) is 48.3 Å². The zero-order valence-electron chi connectivity index (χ0n) is 10.2. The fourth-order valence-corrected chi connectivity index (χ4v) is 2.52. The lowest BCUT2D eigenvalue weighted by Gasteiger charge is -2.15. The molecule has 0 radical (unpaired) electrons. The Morgan fingerprint density at radius 2 is 1.84 bits per heavy atom. The van der Waals surface area contributed by atoms with Crippen LogP contribution in [0.15, 0.2) is 36.4 Å². The molecule has 2 rings (SSSR count). The highest BCUT2D eigenvalue weighted by atomic mass is 35.5. The van der Waals surface area contributed by atoms with E-state index in [0.717, 1.165) is 11.1 Å². The molecule has 19 heavy (non-hydrogen) atoms. The van der Waals surface area contributed by atoms with E-state index < -0.39 is 0 Å². The van der Waals surface area contributed by atoms with Gasteiger partial charge in [0, 0.05) is 10.9 Å². The summed E-state index contributed by atoms with van der Waals surface area (Å²) in [5.74, 6) is -0.211. The van der Waals surface area contributed by atoms with Crippen LogP contribution in [0, 0.1) is 0 Å². The van der Waals surface area contributed by atoms with Crippen LogP contribution in [0.2, 0.25) is 10.0 Å². The molecule has 0 aliphatic rings. The van der Waals surface area contributed by atoms with E-state index in [1.807, 2.05) is 31.2 Å². The van der Waals surface area contributed by atoms with Gasteiger partial charge in [-0.25, -0.2) is 0 Å². The highest BCUT2D eigenvalue weighted by molar-refractivity contribution is 6.32. The maximum atomic E-state index is 10.9. The Bertz CT molecular complexity index is 624. The van der Waals surface area contributed by atoms with E-state index in [0.29, 0.717) is 11.3 Å². The summed E-state index contributed by atoms with van der Waals surface area (Å²) in [6, 6.07) is 10.8. The molecule has 0 fully saturated rings. The van der Waals surface area contributed by atoms with Gasteiger partial charge in [0.1, 0.15) is 5.75 Å². The van der Waals surface area contributed by atoms with Gasteiger partial charge in [0.25, 0.3) is 0 Å². The second-order valence-corrected chi connectivity index (χ2v) is 5.12. The first-order valence-electron chi connectivity index (χ1n) is 5.76. The molecule has 0 saturated carbocycles. The van der Waals surface area contributed by atoms with Gasteiger partial charge >= 0.3 is 0 Å². The Morgan fingerprint density at radius 1 is 1.16 bits per heavy atom. The van der Waals surface area contributed by atoms with Crippen molar-refractivity contribution >= 4 is 29.5 Å². The molecule has 0 spiro atoms. The molecule has 0 amide bonds. The lowest BCUT2D eigenvalue weighted by Crippen LogP contribution is -1.98. The first kappa shape index (κ1) is 13.9. The molecule has 0 aromatic heterocycles. The Morgan fingerprint density at radius 3 is 2.47 bits per heavy atom. The molecule has 98 valence electrons. The number of aromatic hydroxyl groups is 1. The van der Waals surface area contributed by atoms with Crippen molar-refractivity contribution in [1.82, 2.24) is 0 Å². The summed E-state index contributed by atoms with van der Waals surface area (Å²) in [6.45, 7) is 1.97. The van der Waals surface area contributed by atoms with Crippen LogP contribution < -0.4 is 0 Å². The average Bonchev–Trinajstić information content (AvgIpc) is 2.41. The zero-order chi connectivity index (χ0) is 14.0. The number of carbonyl (C=O) groups excluding carboxylic acids is 1. The summed E-state index contributed by atoms with van der Waals surface area (Å²) in [5.41, 5.74) is 1.96. The highest BCUT2D eigenvalue weighted by Crippen LogP contribution is 2.35. The third kappa shape index (κ3) is 2.75. The molecular formula is C15H12Cl2O2. The van der Waals surface area contributed by atoms with Crippen molar-refractivity contribution in [3.05, 3.63) is 63.1 Å².